The van der Waals surface area contributed by atoms with Gasteiger partial charge in [0.25, 0.3) is 5.91 Å². The highest BCUT2D eigenvalue weighted by Crippen LogP contribution is 2.29. The van der Waals surface area contributed by atoms with E-state index in [1.165, 1.54) is 6.08 Å². The SMILES string of the molecule is CNC(=O)c1ccc(/C=C/C(=O)NCC(=O)N(C)c2ccc(C)c(COc3cccc4c3nc(C)n4C)c2C)cc1. The van der Waals surface area contributed by atoms with Gasteiger partial charge in [0, 0.05) is 38.5 Å². The van der Waals surface area contributed by atoms with Gasteiger partial charge in [0.05, 0.1) is 12.1 Å². The molecule has 0 saturated heterocycles. The molecule has 1 aromatic heterocycles. The van der Waals surface area contributed by atoms with E-state index in [0.29, 0.717) is 17.9 Å². The molecule has 3 aromatic carbocycles. The van der Waals surface area contributed by atoms with Crippen LogP contribution in [0.5, 0.6) is 5.75 Å². The fourth-order valence-corrected chi connectivity index (χ4v) is 4.57. The van der Waals surface area contributed by atoms with E-state index in [2.05, 4.69) is 15.6 Å². The molecule has 0 saturated carbocycles. The molecule has 9 heteroatoms. The lowest BCUT2D eigenvalue weighted by Crippen LogP contribution is -2.38. The number of carbonyl (C=O) groups is 3. The van der Waals surface area contributed by atoms with Gasteiger partial charge in [0.2, 0.25) is 11.8 Å². The third-order valence-electron chi connectivity index (χ3n) is 7.25. The highest BCUT2D eigenvalue weighted by molar-refractivity contribution is 5.99. The number of carbonyl (C=O) groups excluding carboxylic acids is 3. The topological polar surface area (TPSA) is 106 Å². The number of ether oxygens (including phenoxy) is 1. The van der Waals surface area contributed by atoms with Crippen molar-refractivity contribution in [3.05, 3.63) is 94.3 Å². The second-order valence-electron chi connectivity index (χ2n) is 9.84. The van der Waals surface area contributed by atoms with E-state index in [1.54, 1.807) is 49.3 Å². The summed E-state index contributed by atoms with van der Waals surface area (Å²) in [5, 5.41) is 5.21. The normalized spacial score (nSPS) is 11.1. The molecule has 2 N–H and O–H groups in total. The van der Waals surface area contributed by atoms with E-state index in [4.69, 9.17) is 4.74 Å². The van der Waals surface area contributed by atoms with Gasteiger partial charge < -0.3 is 24.8 Å². The van der Waals surface area contributed by atoms with Gasteiger partial charge in [-0.05, 0) is 79.4 Å². The number of nitrogens with one attached hydrogen (secondary N) is 2. The van der Waals surface area contributed by atoms with Crippen LogP contribution in [-0.2, 0) is 23.2 Å². The Kier molecular flexibility index (Phi) is 8.87. The molecule has 0 fully saturated rings. The molecule has 0 aliphatic heterocycles. The Morgan fingerprint density at radius 2 is 1.76 bits per heavy atom. The van der Waals surface area contributed by atoms with E-state index < -0.39 is 5.91 Å². The summed E-state index contributed by atoms with van der Waals surface area (Å²) in [5.74, 6) is 0.786. The molecule has 9 nitrogen and oxygen atoms in total. The van der Waals surface area contributed by atoms with Crippen LogP contribution in [0.15, 0.2) is 60.7 Å². The lowest BCUT2D eigenvalue weighted by atomic mass is 10.0. The van der Waals surface area contributed by atoms with Crippen LogP contribution in [0.25, 0.3) is 17.1 Å². The summed E-state index contributed by atoms with van der Waals surface area (Å²) in [5.41, 5.74) is 6.82. The first kappa shape index (κ1) is 29.1. The van der Waals surface area contributed by atoms with Gasteiger partial charge in [-0.3, -0.25) is 14.4 Å². The number of benzene rings is 3. The number of aryl methyl sites for hydroxylation is 3. The van der Waals surface area contributed by atoms with E-state index in [1.807, 2.05) is 62.7 Å². The number of aromatic nitrogens is 2. The number of nitrogens with zero attached hydrogens (tertiary/aromatic N) is 3. The largest absolute Gasteiger partial charge is 0.487 e. The summed E-state index contributed by atoms with van der Waals surface area (Å²) in [6.45, 7) is 6.11. The molecule has 4 rings (SSSR count). The summed E-state index contributed by atoms with van der Waals surface area (Å²) in [7, 11) is 5.24. The Balaban J connectivity index is 1.39. The van der Waals surface area contributed by atoms with Gasteiger partial charge in [-0.1, -0.05) is 24.3 Å². The Hall–Kier alpha value is -4.92. The number of anilines is 1. The summed E-state index contributed by atoms with van der Waals surface area (Å²) in [4.78, 5) is 43.2. The minimum atomic E-state index is -0.393. The summed E-state index contributed by atoms with van der Waals surface area (Å²) < 4.78 is 8.26. The van der Waals surface area contributed by atoms with Gasteiger partial charge in [0.15, 0.2) is 0 Å². The second kappa shape index (κ2) is 12.5. The van der Waals surface area contributed by atoms with Crippen molar-refractivity contribution in [3.63, 3.8) is 0 Å². The molecular formula is C32H35N5O4. The molecule has 0 radical (unpaired) electrons. The van der Waals surface area contributed by atoms with E-state index in [9.17, 15) is 14.4 Å². The Labute approximate surface area is 239 Å². The van der Waals surface area contributed by atoms with Crippen LogP contribution in [0.4, 0.5) is 5.69 Å². The van der Waals surface area contributed by atoms with Gasteiger partial charge in [-0.2, -0.15) is 0 Å². The zero-order valence-corrected chi connectivity index (χ0v) is 24.2. The Morgan fingerprint density at radius 3 is 2.46 bits per heavy atom. The maximum absolute atomic E-state index is 13.0. The van der Waals surface area contributed by atoms with Crippen molar-refractivity contribution in [3.8, 4) is 5.75 Å². The molecule has 0 atom stereocenters. The number of hydrogen-bond acceptors (Lipinski definition) is 5. The van der Waals surface area contributed by atoms with Crippen LogP contribution in [0, 0.1) is 20.8 Å². The molecule has 0 aliphatic rings. The lowest BCUT2D eigenvalue weighted by molar-refractivity contribution is -0.122. The Bertz CT molecular complexity index is 1640. The van der Waals surface area contributed by atoms with Gasteiger partial charge >= 0.3 is 0 Å². The van der Waals surface area contributed by atoms with Crippen molar-refractivity contribution >= 4 is 40.5 Å². The number of fused-ring (bicyclic) bond motifs is 1. The third kappa shape index (κ3) is 6.46. The van der Waals surface area contributed by atoms with E-state index >= 15 is 0 Å². The average Bonchev–Trinajstić information content (AvgIpc) is 3.27. The summed E-state index contributed by atoms with van der Waals surface area (Å²) >= 11 is 0. The number of rotatable bonds is 9. The maximum Gasteiger partial charge on any atom is 0.251 e. The fourth-order valence-electron chi connectivity index (χ4n) is 4.57. The van der Waals surface area contributed by atoms with Crippen LogP contribution < -0.4 is 20.3 Å². The zero-order chi connectivity index (χ0) is 29.7. The smallest absolute Gasteiger partial charge is 0.251 e. The molecule has 41 heavy (non-hydrogen) atoms. The first-order valence-electron chi connectivity index (χ1n) is 13.3. The minimum absolute atomic E-state index is 0.157. The highest BCUT2D eigenvalue weighted by Gasteiger charge is 2.18. The second-order valence-corrected chi connectivity index (χ2v) is 9.84. The number of imidazole rings is 1. The number of likely N-dealkylation sites (N-methyl/N-ethyl adjacent to an activating group) is 1. The van der Waals surface area contributed by atoms with Crippen molar-refractivity contribution in [2.75, 3.05) is 25.5 Å². The molecule has 0 spiro atoms. The Morgan fingerprint density at radius 1 is 1.02 bits per heavy atom. The molecule has 4 aromatic rings. The van der Waals surface area contributed by atoms with Gasteiger partial charge in [-0.25, -0.2) is 4.98 Å². The number of hydrogen-bond donors (Lipinski definition) is 2. The van der Waals surface area contributed by atoms with Crippen LogP contribution in [0.2, 0.25) is 0 Å². The van der Waals surface area contributed by atoms with E-state index in [-0.39, 0.29) is 18.4 Å². The standard InChI is InChI=1S/C32H35N5O4/c1-20-10-16-26(21(2)25(20)19-41-28-9-7-8-27-31(28)35-22(3)36(27)5)37(6)30(39)18-34-29(38)17-13-23-11-14-24(15-12-23)32(40)33-4/h7-17H,18-19H2,1-6H3,(H,33,40)(H,34,38)/b17-13+. The first-order valence-corrected chi connectivity index (χ1v) is 13.3. The van der Waals surface area contributed by atoms with Gasteiger partial charge in [0.1, 0.15) is 23.7 Å². The van der Waals surface area contributed by atoms with Crippen molar-refractivity contribution in [1.82, 2.24) is 20.2 Å². The lowest BCUT2D eigenvalue weighted by Gasteiger charge is -2.23. The molecule has 0 aliphatic carbocycles. The van der Waals surface area contributed by atoms with Crippen molar-refractivity contribution < 1.29 is 19.1 Å². The molecule has 1 heterocycles. The fraction of sp³-hybridized carbons (Fsp3) is 0.250. The molecule has 0 unspecified atom stereocenters. The van der Waals surface area contributed by atoms with Crippen LogP contribution >= 0.6 is 0 Å². The monoisotopic (exact) mass is 553 g/mol. The van der Waals surface area contributed by atoms with E-state index in [0.717, 1.165) is 44.8 Å². The number of amides is 3. The number of para-hydroxylation sites is 1. The summed E-state index contributed by atoms with van der Waals surface area (Å²) in [6.07, 6.45) is 2.98. The summed E-state index contributed by atoms with van der Waals surface area (Å²) in [6, 6.07) is 16.6. The minimum Gasteiger partial charge on any atom is -0.487 e. The predicted octanol–water partition coefficient (Wildman–Crippen LogP) is 4.23. The molecule has 212 valence electrons. The average molecular weight is 554 g/mol. The molecule has 0 bridgehead atoms. The molecular weight excluding hydrogens is 518 g/mol. The zero-order valence-electron chi connectivity index (χ0n) is 24.2. The van der Waals surface area contributed by atoms with Crippen LogP contribution in [0.3, 0.4) is 0 Å². The third-order valence-corrected chi connectivity index (χ3v) is 7.25. The first-order chi connectivity index (χ1) is 19.6. The quantitative estimate of drug-likeness (QED) is 0.302. The maximum atomic E-state index is 13.0. The van der Waals surface area contributed by atoms with Crippen molar-refractivity contribution in [2.24, 2.45) is 7.05 Å². The van der Waals surface area contributed by atoms with Gasteiger partial charge in [-0.15, -0.1) is 0 Å². The predicted molar refractivity (Wildman–Crippen MR) is 161 cm³/mol. The van der Waals surface area contributed by atoms with Crippen LogP contribution in [0.1, 0.15) is 38.4 Å². The van der Waals surface area contributed by atoms with Crippen molar-refractivity contribution in [1.29, 1.82) is 0 Å². The van der Waals surface area contributed by atoms with Crippen LogP contribution in [-0.4, -0.2) is 47.9 Å². The molecule has 3 amide bonds. The van der Waals surface area contributed by atoms with Crippen molar-refractivity contribution in [2.45, 2.75) is 27.4 Å². The highest BCUT2D eigenvalue weighted by atomic mass is 16.5.